The summed E-state index contributed by atoms with van der Waals surface area (Å²) >= 11 is 5.87. The van der Waals surface area contributed by atoms with Crippen LogP contribution in [0.15, 0.2) is 63.9 Å². The summed E-state index contributed by atoms with van der Waals surface area (Å²) in [6, 6.07) is 15.5. The maximum Gasteiger partial charge on any atom is 0.285 e. The van der Waals surface area contributed by atoms with E-state index >= 15 is 0 Å². The Kier molecular flexibility index (Phi) is 4.42. The average molecular weight is 309 g/mol. The first-order chi connectivity index (χ1) is 9.50. The summed E-state index contributed by atoms with van der Waals surface area (Å²) < 4.78 is 27.8. The van der Waals surface area contributed by atoms with Gasteiger partial charge in [0.15, 0.2) is 0 Å². The smallest absolute Gasteiger partial charge is 0.285 e. The standard InChI is InChI=1S/C14H13ClN2O2S/c1-17(12-7-3-2-4-8-12)11-16-20(18,19)14-10-6-5-9-13(14)15/h2-11H,1H3/b16-11+. The highest BCUT2D eigenvalue weighted by Gasteiger charge is 2.15. The maximum atomic E-state index is 12.1. The molecule has 0 unspecified atom stereocenters. The van der Waals surface area contributed by atoms with Crippen molar-refractivity contribution < 1.29 is 8.42 Å². The predicted molar refractivity (Wildman–Crippen MR) is 82.0 cm³/mol. The van der Waals surface area contributed by atoms with Crippen molar-refractivity contribution >= 4 is 33.7 Å². The monoisotopic (exact) mass is 308 g/mol. The van der Waals surface area contributed by atoms with E-state index in [-0.39, 0.29) is 9.92 Å². The average Bonchev–Trinajstić information content (AvgIpc) is 2.46. The van der Waals surface area contributed by atoms with Crippen molar-refractivity contribution in [2.75, 3.05) is 11.9 Å². The van der Waals surface area contributed by atoms with Gasteiger partial charge in [0.05, 0.1) is 5.02 Å². The van der Waals surface area contributed by atoms with Crippen LogP contribution < -0.4 is 4.90 Å². The van der Waals surface area contributed by atoms with Gasteiger partial charge in [-0.15, -0.1) is 4.40 Å². The number of nitrogens with zero attached hydrogens (tertiary/aromatic N) is 2. The highest BCUT2D eigenvalue weighted by molar-refractivity contribution is 7.90. The van der Waals surface area contributed by atoms with Crippen LogP contribution in [-0.4, -0.2) is 21.8 Å². The van der Waals surface area contributed by atoms with Crippen LogP contribution in [0.2, 0.25) is 5.02 Å². The Hall–Kier alpha value is -1.85. The van der Waals surface area contributed by atoms with Gasteiger partial charge in [-0.1, -0.05) is 41.9 Å². The zero-order valence-corrected chi connectivity index (χ0v) is 12.3. The van der Waals surface area contributed by atoms with Crippen LogP contribution in [0.5, 0.6) is 0 Å². The third-order valence-corrected chi connectivity index (χ3v) is 4.36. The minimum Gasteiger partial charge on any atom is -0.335 e. The number of anilines is 1. The molecule has 0 bridgehead atoms. The first kappa shape index (κ1) is 14.6. The molecule has 0 amide bonds. The second-order valence-electron chi connectivity index (χ2n) is 4.07. The van der Waals surface area contributed by atoms with Crippen LogP contribution in [-0.2, 0) is 10.0 Å². The van der Waals surface area contributed by atoms with Gasteiger partial charge in [0.1, 0.15) is 11.2 Å². The lowest BCUT2D eigenvalue weighted by molar-refractivity contribution is 0.598. The van der Waals surface area contributed by atoms with Gasteiger partial charge in [-0.05, 0) is 24.3 Å². The van der Waals surface area contributed by atoms with Crippen LogP contribution in [0, 0.1) is 0 Å². The number of hydrogen-bond donors (Lipinski definition) is 0. The van der Waals surface area contributed by atoms with Crippen LogP contribution in [0.3, 0.4) is 0 Å². The molecule has 0 fully saturated rings. The Morgan fingerprint density at radius 1 is 1.05 bits per heavy atom. The molecule has 0 spiro atoms. The number of sulfonamides is 1. The molecule has 6 heteroatoms. The van der Waals surface area contributed by atoms with Crippen molar-refractivity contribution in [3.8, 4) is 0 Å². The summed E-state index contributed by atoms with van der Waals surface area (Å²) in [5.41, 5.74) is 0.839. The lowest BCUT2D eigenvalue weighted by Gasteiger charge is -2.12. The quantitative estimate of drug-likeness (QED) is 0.644. The molecule has 0 aliphatic heterocycles. The van der Waals surface area contributed by atoms with Gasteiger partial charge in [-0.3, -0.25) is 0 Å². The van der Waals surface area contributed by atoms with Crippen molar-refractivity contribution in [1.29, 1.82) is 0 Å². The highest BCUT2D eigenvalue weighted by Crippen LogP contribution is 2.22. The molecule has 2 aromatic rings. The zero-order valence-electron chi connectivity index (χ0n) is 10.8. The molecule has 2 aromatic carbocycles. The number of halogens is 1. The molecular weight excluding hydrogens is 296 g/mol. The van der Waals surface area contributed by atoms with E-state index < -0.39 is 10.0 Å². The molecule has 2 rings (SSSR count). The summed E-state index contributed by atoms with van der Waals surface area (Å²) in [5.74, 6) is 0. The normalized spacial score (nSPS) is 11.7. The van der Waals surface area contributed by atoms with E-state index in [4.69, 9.17) is 11.6 Å². The lowest BCUT2D eigenvalue weighted by Crippen LogP contribution is -2.15. The van der Waals surface area contributed by atoms with Crippen LogP contribution in [0.25, 0.3) is 0 Å². The van der Waals surface area contributed by atoms with Crippen molar-refractivity contribution in [1.82, 2.24) is 0 Å². The van der Waals surface area contributed by atoms with Crippen molar-refractivity contribution in [3.63, 3.8) is 0 Å². The number of rotatable bonds is 4. The summed E-state index contributed by atoms with van der Waals surface area (Å²) in [5, 5.41) is 0.159. The molecule has 0 saturated carbocycles. The van der Waals surface area contributed by atoms with E-state index in [2.05, 4.69) is 4.40 Å². The first-order valence-electron chi connectivity index (χ1n) is 5.83. The molecule has 0 radical (unpaired) electrons. The van der Waals surface area contributed by atoms with E-state index in [1.54, 1.807) is 24.1 Å². The second kappa shape index (κ2) is 6.07. The molecule has 0 aliphatic rings. The Bertz CT molecular complexity index is 715. The molecule has 0 heterocycles. The largest absolute Gasteiger partial charge is 0.335 e. The minimum atomic E-state index is -3.80. The van der Waals surface area contributed by atoms with Gasteiger partial charge in [0.2, 0.25) is 0 Å². The third kappa shape index (κ3) is 3.37. The summed E-state index contributed by atoms with van der Waals surface area (Å²) in [6.45, 7) is 0. The lowest BCUT2D eigenvalue weighted by atomic mass is 10.3. The van der Waals surface area contributed by atoms with Crippen LogP contribution >= 0.6 is 11.6 Å². The summed E-state index contributed by atoms with van der Waals surface area (Å²) in [7, 11) is -2.08. The van der Waals surface area contributed by atoms with Gasteiger partial charge in [0.25, 0.3) is 10.0 Å². The van der Waals surface area contributed by atoms with Crippen molar-refractivity contribution in [2.24, 2.45) is 4.40 Å². The Labute approximate surface area is 123 Å². The number of para-hydroxylation sites is 1. The fourth-order valence-corrected chi connectivity index (χ4v) is 2.95. The van der Waals surface area contributed by atoms with Gasteiger partial charge in [-0.25, -0.2) is 0 Å². The maximum absolute atomic E-state index is 12.1. The Morgan fingerprint density at radius 2 is 1.65 bits per heavy atom. The van der Waals surface area contributed by atoms with Gasteiger partial charge in [0, 0.05) is 12.7 Å². The molecule has 104 valence electrons. The Balaban J connectivity index is 2.25. The molecule has 0 saturated heterocycles. The molecule has 0 atom stereocenters. The van der Waals surface area contributed by atoms with E-state index in [0.717, 1.165) is 5.69 Å². The number of hydrogen-bond acceptors (Lipinski definition) is 2. The summed E-state index contributed by atoms with van der Waals surface area (Å²) in [4.78, 5) is 1.62. The molecule has 0 aliphatic carbocycles. The number of benzene rings is 2. The van der Waals surface area contributed by atoms with Gasteiger partial charge in [-0.2, -0.15) is 8.42 Å². The molecule has 0 aromatic heterocycles. The van der Waals surface area contributed by atoms with Gasteiger partial charge < -0.3 is 4.90 Å². The fraction of sp³-hybridized carbons (Fsp3) is 0.0714. The van der Waals surface area contributed by atoms with Gasteiger partial charge >= 0.3 is 0 Å². The topological polar surface area (TPSA) is 49.7 Å². The Morgan fingerprint density at radius 3 is 2.30 bits per heavy atom. The molecule has 20 heavy (non-hydrogen) atoms. The molecule has 0 N–H and O–H groups in total. The van der Waals surface area contributed by atoms with E-state index in [1.807, 2.05) is 30.3 Å². The summed E-state index contributed by atoms with van der Waals surface area (Å²) in [6.07, 6.45) is 1.26. The van der Waals surface area contributed by atoms with E-state index in [9.17, 15) is 8.42 Å². The van der Waals surface area contributed by atoms with Crippen molar-refractivity contribution in [2.45, 2.75) is 4.90 Å². The fourth-order valence-electron chi connectivity index (χ4n) is 1.57. The molecule has 4 nitrogen and oxygen atoms in total. The minimum absolute atomic E-state index is 0.000576. The highest BCUT2D eigenvalue weighted by atomic mass is 35.5. The van der Waals surface area contributed by atoms with Crippen LogP contribution in [0.1, 0.15) is 0 Å². The van der Waals surface area contributed by atoms with E-state index in [0.29, 0.717) is 0 Å². The van der Waals surface area contributed by atoms with Crippen molar-refractivity contribution in [3.05, 3.63) is 59.6 Å². The SMILES string of the molecule is CN(/C=N/S(=O)(=O)c1ccccc1Cl)c1ccccc1. The third-order valence-electron chi connectivity index (χ3n) is 2.64. The van der Waals surface area contributed by atoms with Crippen LogP contribution in [0.4, 0.5) is 5.69 Å². The first-order valence-corrected chi connectivity index (χ1v) is 7.65. The second-order valence-corrected chi connectivity index (χ2v) is 6.08. The zero-order chi connectivity index (χ0) is 14.6. The van der Waals surface area contributed by atoms with E-state index in [1.165, 1.54) is 18.5 Å². The molecular formula is C14H13ClN2O2S. The predicted octanol–water partition coefficient (Wildman–Crippen LogP) is 3.19.